The molecule has 0 radical (unpaired) electrons. The van der Waals surface area contributed by atoms with Crippen LogP contribution in [0.1, 0.15) is 18.0 Å². The van der Waals surface area contributed by atoms with E-state index in [0.29, 0.717) is 6.54 Å². The zero-order valence-corrected chi connectivity index (χ0v) is 10.1. The summed E-state index contributed by atoms with van der Waals surface area (Å²) in [5, 5.41) is 11.9. The molecular formula is C10H16BrN3O. The zero-order chi connectivity index (χ0) is 11.1. The van der Waals surface area contributed by atoms with Crippen LogP contribution in [0.25, 0.3) is 0 Å². The van der Waals surface area contributed by atoms with Gasteiger partial charge in [0.25, 0.3) is 0 Å². The van der Waals surface area contributed by atoms with E-state index in [1.54, 1.807) is 12.4 Å². The molecule has 0 bridgehead atoms. The average Bonchev–Trinajstić information content (AvgIpc) is 2.24. The predicted octanol–water partition coefficient (Wildman–Crippen LogP) is 0.816. The van der Waals surface area contributed by atoms with E-state index in [1.807, 2.05) is 6.07 Å². The molecule has 1 aromatic heterocycles. The summed E-state index contributed by atoms with van der Waals surface area (Å²) in [5.74, 6) is 0. The molecule has 0 amide bonds. The second-order valence-corrected chi connectivity index (χ2v) is 4.17. The molecule has 15 heavy (non-hydrogen) atoms. The van der Waals surface area contributed by atoms with Crippen molar-refractivity contribution in [1.29, 1.82) is 0 Å². The Morgan fingerprint density at radius 3 is 2.93 bits per heavy atom. The molecule has 0 fully saturated rings. The van der Waals surface area contributed by atoms with Gasteiger partial charge in [0.05, 0.1) is 0 Å². The van der Waals surface area contributed by atoms with Gasteiger partial charge in [-0.3, -0.25) is 4.98 Å². The van der Waals surface area contributed by atoms with Crippen molar-refractivity contribution in [2.24, 2.45) is 5.73 Å². The lowest BCUT2D eigenvalue weighted by molar-refractivity contribution is 0.283. The van der Waals surface area contributed by atoms with Crippen molar-refractivity contribution in [1.82, 2.24) is 10.3 Å². The van der Waals surface area contributed by atoms with E-state index in [1.165, 1.54) is 0 Å². The first-order valence-corrected chi connectivity index (χ1v) is 5.72. The van der Waals surface area contributed by atoms with Crippen LogP contribution in [0.2, 0.25) is 0 Å². The van der Waals surface area contributed by atoms with Gasteiger partial charge in [-0.2, -0.15) is 0 Å². The molecule has 0 aromatic carbocycles. The first-order valence-electron chi connectivity index (χ1n) is 4.92. The third-order valence-electron chi connectivity index (χ3n) is 2.09. The molecule has 0 aliphatic heterocycles. The number of hydrogen-bond donors (Lipinski definition) is 3. The lowest BCUT2D eigenvalue weighted by Crippen LogP contribution is -2.29. The monoisotopic (exact) mass is 273 g/mol. The van der Waals surface area contributed by atoms with Crippen LogP contribution in [-0.2, 0) is 0 Å². The van der Waals surface area contributed by atoms with Crippen LogP contribution >= 0.6 is 15.9 Å². The molecule has 5 heteroatoms. The topological polar surface area (TPSA) is 71.2 Å². The number of nitrogens with two attached hydrogens (primary N) is 1. The Hall–Kier alpha value is -0.490. The molecule has 0 saturated heterocycles. The van der Waals surface area contributed by atoms with Gasteiger partial charge < -0.3 is 16.2 Å². The maximum Gasteiger partial charge on any atom is 0.0460 e. The van der Waals surface area contributed by atoms with Crippen LogP contribution in [0.3, 0.4) is 0 Å². The minimum atomic E-state index is 0.0987. The van der Waals surface area contributed by atoms with Gasteiger partial charge in [0.15, 0.2) is 0 Å². The minimum Gasteiger partial charge on any atom is -0.396 e. The smallest absolute Gasteiger partial charge is 0.0460 e. The Labute approximate surface area is 98.0 Å². The predicted molar refractivity (Wildman–Crippen MR) is 63.4 cm³/mol. The second-order valence-electron chi connectivity index (χ2n) is 3.26. The van der Waals surface area contributed by atoms with Gasteiger partial charge >= 0.3 is 0 Å². The normalized spacial score (nSPS) is 12.7. The standard InChI is InChI=1S/C10H16BrN3O/c11-9-4-8(6-13-7-9)10(5-12)14-2-1-3-15/h4,6-7,10,14-15H,1-3,5,12H2. The van der Waals surface area contributed by atoms with Gasteiger partial charge in [-0.15, -0.1) is 0 Å². The zero-order valence-electron chi connectivity index (χ0n) is 8.49. The first kappa shape index (κ1) is 12.6. The highest BCUT2D eigenvalue weighted by Gasteiger charge is 2.08. The number of nitrogens with one attached hydrogen (secondary N) is 1. The Kier molecular flexibility index (Phi) is 5.78. The average molecular weight is 274 g/mol. The largest absolute Gasteiger partial charge is 0.396 e. The summed E-state index contributed by atoms with van der Waals surface area (Å²) in [6.45, 7) is 1.47. The molecule has 4 nitrogen and oxygen atoms in total. The maximum atomic E-state index is 8.68. The van der Waals surface area contributed by atoms with Crippen molar-refractivity contribution in [2.75, 3.05) is 19.7 Å². The van der Waals surface area contributed by atoms with Crippen LogP contribution in [0, 0.1) is 0 Å². The quantitative estimate of drug-likeness (QED) is 0.671. The van der Waals surface area contributed by atoms with E-state index >= 15 is 0 Å². The van der Waals surface area contributed by atoms with Crippen LogP contribution in [0.4, 0.5) is 0 Å². The summed E-state index contributed by atoms with van der Waals surface area (Å²) >= 11 is 3.37. The molecular weight excluding hydrogens is 258 g/mol. The summed E-state index contributed by atoms with van der Waals surface area (Å²) < 4.78 is 0.947. The van der Waals surface area contributed by atoms with Crippen LogP contribution in [-0.4, -0.2) is 29.8 Å². The molecule has 1 aromatic rings. The maximum absolute atomic E-state index is 8.68. The van der Waals surface area contributed by atoms with Crippen LogP contribution in [0.5, 0.6) is 0 Å². The summed E-state index contributed by atoms with van der Waals surface area (Å²) in [6.07, 6.45) is 4.27. The van der Waals surface area contributed by atoms with E-state index in [9.17, 15) is 0 Å². The third-order valence-corrected chi connectivity index (χ3v) is 2.52. The lowest BCUT2D eigenvalue weighted by Gasteiger charge is -2.16. The lowest BCUT2D eigenvalue weighted by atomic mass is 10.1. The molecule has 0 saturated carbocycles. The van der Waals surface area contributed by atoms with Crippen molar-refractivity contribution in [3.63, 3.8) is 0 Å². The molecule has 1 atom stereocenters. The molecule has 0 aliphatic rings. The molecule has 0 aliphatic carbocycles. The van der Waals surface area contributed by atoms with Crippen molar-refractivity contribution >= 4 is 15.9 Å². The number of nitrogens with zero attached hydrogens (tertiary/aromatic N) is 1. The molecule has 1 unspecified atom stereocenters. The van der Waals surface area contributed by atoms with Crippen molar-refractivity contribution < 1.29 is 5.11 Å². The van der Waals surface area contributed by atoms with Gasteiger partial charge in [-0.1, -0.05) is 0 Å². The van der Waals surface area contributed by atoms with Crippen LogP contribution in [0.15, 0.2) is 22.9 Å². The van der Waals surface area contributed by atoms with E-state index in [0.717, 1.165) is 23.0 Å². The molecule has 1 heterocycles. The van der Waals surface area contributed by atoms with E-state index in [2.05, 4.69) is 26.2 Å². The number of aromatic nitrogens is 1. The van der Waals surface area contributed by atoms with Crippen molar-refractivity contribution in [3.05, 3.63) is 28.5 Å². The van der Waals surface area contributed by atoms with E-state index in [-0.39, 0.29) is 12.6 Å². The molecule has 84 valence electrons. The number of hydrogen-bond acceptors (Lipinski definition) is 4. The molecule has 4 N–H and O–H groups in total. The Balaban J connectivity index is 2.57. The Morgan fingerprint density at radius 1 is 1.53 bits per heavy atom. The SMILES string of the molecule is NCC(NCCCO)c1cncc(Br)c1. The van der Waals surface area contributed by atoms with Gasteiger partial charge in [0.1, 0.15) is 0 Å². The number of aliphatic hydroxyl groups excluding tert-OH is 1. The number of pyridine rings is 1. The Morgan fingerprint density at radius 2 is 2.33 bits per heavy atom. The van der Waals surface area contributed by atoms with E-state index < -0.39 is 0 Å². The highest BCUT2D eigenvalue weighted by molar-refractivity contribution is 9.10. The summed E-state index contributed by atoms with van der Waals surface area (Å²) in [5.41, 5.74) is 6.73. The summed E-state index contributed by atoms with van der Waals surface area (Å²) in [6, 6.07) is 2.10. The van der Waals surface area contributed by atoms with Gasteiger partial charge in [-0.05, 0) is 40.5 Å². The van der Waals surface area contributed by atoms with Crippen molar-refractivity contribution in [2.45, 2.75) is 12.5 Å². The number of rotatable bonds is 6. The minimum absolute atomic E-state index is 0.0987. The first-order chi connectivity index (χ1) is 7.27. The fourth-order valence-corrected chi connectivity index (χ4v) is 1.69. The summed E-state index contributed by atoms with van der Waals surface area (Å²) in [4.78, 5) is 4.09. The molecule has 0 spiro atoms. The van der Waals surface area contributed by atoms with Gasteiger partial charge in [0.2, 0.25) is 0 Å². The number of halogens is 1. The Bertz CT molecular complexity index is 296. The summed E-state index contributed by atoms with van der Waals surface area (Å²) in [7, 11) is 0. The fraction of sp³-hybridized carbons (Fsp3) is 0.500. The molecule has 1 rings (SSSR count). The second kappa shape index (κ2) is 6.90. The number of aliphatic hydroxyl groups is 1. The van der Waals surface area contributed by atoms with E-state index in [4.69, 9.17) is 10.8 Å². The highest BCUT2D eigenvalue weighted by Crippen LogP contribution is 2.15. The fourth-order valence-electron chi connectivity index (χ4n) is 1.31. The van der Waals surface area contributed by atoms with Gasteiger partial charge in [-0.25, -0.2) is 0 Å². The third kappa shape index (κ3) is 4.25. The van der Waals surface area contributed by atoms with Crippen molar-refractivity contribution in [3.8, 4) is 0 Å². The van der Waals surface area contributed by atoms with Gasteiger partial charge in [0, 0.05) is 36.1 Å². The highest BCUT2D eigenvalue weighted by atomic mass is 79.9. The van der Waals surface area contributed by atoms with Crippen LogP contribution < -0.4 is 11.1 Å².